The molecular weight excluding hydrogens is 444 g/mol. The maximum Gasteiger partial charge on any atom is 0.436 e. The summed E-state index contributed by atoms with van der Waals surface area (Å²) >= 11 is 0. The normalized spacial score (nSPS) is 19.6. The zero-order valence-corrected chi connectivity index (χ0v) is 20.7. The Morgan fingerprint density at radius 1 is 1.17 bits per heavy atom. The molecule has 1 amide bonds. The zero-order valence-electron chi connectivity index (χ0n) is 20.7. The lowest BCUT2D eigenvalue weighted by molar-refractivity contribution is 0.0650. The van der Waals surface area contributed by atoms with Gasteiger partial charge in [-0.1, -0.05) is 56.3 Å². The topological polar surface area (TPSA) is 101 Å². The van der Waals surface area contributed by atoms with E-state index in [4.69, 9.17) is 4.42 Å². The average Bonchev–Trinajstić information content (AvgIpc) is 3.45. The van der Waals surface area contributed by atoms with Gasteiger partial charge in [0, 0.05) is 31.7 Å². The molecule has 2 aromatic carbocycles. The molecule has 0 radical (unpaired) electrons. The van der Waals surface area contributed by atoms with Crippen molar-refractivity contribution < 1.29 is 14.3 Å². The Bertz CT molecular complexity index is 1190. The van der Waals surface area contributed by atoms with Gasteiger partial charge >= 0.3 is 5.76 Å². The van der Waals surface area contributed by atoms with Crippen molar-refractivity contribution in [2.45, 2.75) is 57.3 Å². The number of carbonyl (C=O) groups is 1. The van der Waals surface area contributed by atoms with Crippen molar-refractivity contribution in [3.63, 3.8) is 0 Å². The number of hydrogen-bond acceptors (Lipinski definition) is 6. The zero-order chi connectivity index (χ0) is 25.1. The Hall–Kier alpha value is -3.23. The molecule has 1 aliphatic heterocycles. The highest BCUT2D eigenvalue weighted by molar-refractivity contribution is 5.94. The molecule has 0 bridgehead atoms. The third-order valence-electron chi connectivity index (χ3n) is 6.81. The summed E-state index contributed by atoms with van der Waals surface area (Å²) in [7, 11) is 3.23. The Morgan fingerprint density at radius 3 is 2.46 bits per heavy atom. The van der Waals surface area contributed by atoms with Gasteiger partial charge in [-0.2, -0.15) is 4.68 Å². The fourth-order valence-electron chi connectivity index (χ4n) is 4.92. The number of aryl methyl sites for hydroxylation is 1. The molecule has 1 aliphatic rings. The van der Waals surface area contributed by atoms with Crippen molar-refractivity contribution in [3.05, 3.63) is 87.7 Å². The molecule has 4 atom stereocenters. The van der Waals surface area contributed by atoms with Crippen molar-refractivity contribution in [1.82, 2.24) is 20.0 Å². The van der Waals surface area contributed by atoms with Gasteiger partial charge in [0.05, 0.1) is 6.10 Å². The SMILES string of the molecule is CC(C)[C@H](c1nn(C)c(=O)o1)N(C)C(=O)c1ccc(C[C@@H]2CC[C@H]([C@H](O)c3ccccc3)N2)cc1. The summed E-state index contributed by atoms with van der Waals surface area (Å²) in [5, 5.41) is 18.4. The van der Waals surface area contributed by atoms with E-state index in [9.17, 15) is 14.7 Å². The van der Waals surface area contributed by atoms with Crippen LogP contribution >= 0.6 is 0 Å². The van der Waals surface area contributed by atoms with E-state index in [2.05, 4.69) is 10.4 Å². The second-order valence-electron chi connectivity index (χ2n) is 9.74. The predicted molar refractivity (Wildman–Crippen MR) is 133 cm³/mol. The first kappa shape index (κ1) is 24.9. The van der Waals surface area contributed by atoms with Crippen LogP contribution in [0.5, 0.6) is 0 Å². The number of hydrogen-bond donors (Lipinski definition) is 2. The van der Waals surface area contributed by atoms with E-state index in [-0.39, 0.29) is 29.8 Å². The Morgan fingerprint density at radius 2 is 1.86 bits per heavy atom. The number of nitrogens with one attached hydrogen (secondary N) is 1. The second-order valence-corrected chi connectivity index (χ2v) is 9.74. The van der Waals surface area contributed by atoms with Gasteiger partial charge in [0.1, 0.15) is 6.04 Å². The predicted octanol–water partition coefficient (Wildman–Crippen LogP) is 3.24. The smallest absolute Gasteiger partial charge is 0.390 e. The molecule has 3 aromatic rings. The molecule has 1 aromatic heterocycles. The molecule has 0 unspecified atom stereocenters. The number of benzene rings is 2. The summed E-state index contributed by atoms with van der Waals surface area (Å²) in [6.07, 6.45) is 2.22. The molecular formula is C27H34N4O4. The number of rotatable bonds is 8. The number of nitrogens with zero attached hydrogens (tertiary/aromatic N) is 3. The van der Waals surface area contributed by atoms with Gasteiger partial charge in [-0.05, 0) is 48.4 Å². The first-order valence-electron chi connectivity index (χ1n) is 12.1. The summed E-state index contributed by atoms with van der Waals surface area (Å²) < 4.78 is 6.41. The lowest BCUT2D eigenvalue weighted by atomic mass is 10.00. The largest absolute Gasteiger partial charge is 0.436 e. The third kappa shape index (κ3) is 5.55. The Kier molecular flexibility index (Phi) is 7.52. The fourth-order valence-corrected chi connectivity index (χ4v) is 4.92. The summed E-state index contributed by atoms with van der Waals surface area (Å²) in [5.41, 5.74) is 2.63. The molecule has 8 nitrogen and oxygen atoms in total. The third-order valence-corrected chi connectivity index (χ3v) is 6.81. The summed E-state index contributed by atoms with van der Waals surface area (Å²) in [6, 6.07) is 17.3. The minimum absolute atomic E-state index is 0.00824. The quantitative estimate of drug-likeness (QED) is 0.516. The average molecular weight is 479 g/mol. The van der Waals surface area contributed by atoms with Crippen LogP contribution in [0.25, 0.3) is 0 Å². The van der Waals surface area contributed by atoms with Crippen LogP contribution in [0.3, 0.4) is 0 Å². The van der Waals surface area contributed by atoms with E-state index >= 15 is 0 Å². The van der Waals surface area contributed by atoms with Crippen LogP contribution in [-0.4, -0.2) is 44.8 Å². The summed E-state index contributed by atoms with van der Waals surface area (Å²) in [6.45, 7) is 3.92. The van der Waals surface area contributed by atoms with Crippen LogP contribution in [0.2, 0.25) is 0 Å². The van der Waals surface area contributed by atoms with Crippen LogP contribution in [-0.2, 0) is 13.5 Å². The molecule has 4 rings (SSSR count). The molecule has 1 saturated heterocycles. The molecule has 0 spiro atoms. The van der Waals surface area contributed by atoms with Crippen LogP contribution in [0.4, 0.5) is 0 Å². The van der Waals surface area contributed by atoms with Crippen molar-refractivity contribution in [2.75, 3.05) is 7.05 Å². The minimum atomic E-state index is -0.546. The molecule has 1 fully saturated rings. The number of carbonyl (C=O) groups excluding carboxylic acids is 1. The van der Waals surface area contributed by atoms with E-state index in [0.29, 0.717) is 5.56 Å². The molecule has 186 valence electrons. The van der Waals surface area contributed by atoms with Crippen molar-refractivity contribution in [2.24, 2.45) is 13.0 Å². The van der Waals surface area contributed by atoms with E-state index in [1.165, 1.54) is 7.05 Å². The first-order chi connectivity index (χ1) is 16.7. The van der Waals surface area contributed by atoms with E-state index in [1.54, 1.807) is 11.9 Å². The maximum absolute atomic E-state index is 13.2. The van der Waals surface area contributed by atoms with Gasteiger partial charge in [0.15, 0.2) is 0 Å². The fraction of sp³-hybridized carbons (Fsp3) is 0.444. The second kappa shape index (κ2) is 10.6. The summed E-state index contributed by atoms with van der Waals surface area (Å²) in [5.74, 6) is -0.461. The van der Waals surface area contributed by atoms with E-state index in [0.717, 1.165) is 35.1 Å². The molecule has 8 heteroatoms. The van der Waals surface area contributed by atoms with Gasteiger partial charge in [-0.15, -0.1) is 5.10 Å². The molecule has 0 saturated carbocycles. The highest BCUT2D eigenvalue weighted by atomic mass is 16.4. The molecule has 0 aliphatic carbocycles. The maximum atomic E-state index is 13.2. The first-order valence-corrected chi connectivity index (χ1v) is 12.1. The highest BCUT2D eigenvalue weighted by Crippen LogP contribution is 2.28. The lowest BCUT2D eigenvalue weighted by Crippen LogP contribution is -2.35. The molecule has 2 N–H and O–H groups in total. The van der Waals surface area contributed by atoms with E-state index < -0.39 is 17.9 Å². The van der Waals surface area contributed by atoms with Gasteiger partial charge in [-0.3, -0.25) is 4.79 Å². The van der Waals surface area contributed by atoms with Gasteiger partial charge in [0.2, 0.25) is 5.89 Å². The van der Waals surface area contributed by atoms with Crippen LogP contribution in [0, 0.1) is 5.92 Å². The van der Waals surface area contributed by atoms with Crippen LogP contribution in [0.1, 0.15) is 66.2 Å². The minimum Gasteiger partial charge on any atom is -0.390 e. The van der Waals surface area contributed by atoms with Gasteiger partial charge in [-0.25, -0.2) is 4.79 Å². The van der Waals surface area contributed by atoms with Crippen LogP contribution < -0.4 is 11.1 Å². The Balaban J connectivity index is 1.38. The lowest BCUT2D eigenvalue weighted by Gasteiger charge is -2.28. The highest BCUT2D eigenvalue weighted by Gasteiger charge is 2.31. The number of aromatic nitrogens is 2. The Labute approximate surface area is 205 Å². The summed E-state index contributed by atoms with van der Waals surface area (Å²) in [4.78, 5) is 26.5. The van der Waals surface area contributed by atoms with Crippen molar-refractivity contribution in [1.29, 1.82) is 0 Å². The number of aliphatic hydroxyl groups is 1. The van der Waals surface area contributed by atoms with Crippen LogP contribution in [0.15, 0.2) is 63.8 Å². The van der Waals surface area contributed by atoms with Crippen molar-refractivity contribution >= 4 is 5.91 Å². The standard InChI is InChI=1S/C27H34N4O4/c1-17(2)23(25-29-31(4)27(34)35-25)30(3)26(33)20-12-10-18(11-13-20)16-21-14-15-22(28-21)24(32)19-8-6-5-7-9-19/h5-13,17,21-24,28,32H,14-16H2,1-4H3/t21-,22+,23+,24+/m0/s1. The van der Waals surface area contributed by atoms with Crippen molar-refractivity contribution in [3.8, 4) is 0 Å². The molecule has 35 heavy (non-hydrogen) atoms. The number of aliphatic hydroxyl groups excluding tert-OH is 1. The van der Waals surface area contributed by atoms with Gasteiger partial charge < -0.3 is 19.7 Å². The molecule has 2 heterocycles. The number of amides is 1. The monoisotopic (exact) mass is 478 g/mol. The van der Waals surface area contributed by atoms with Gasteiger partial charge in [0.25, 0.3) is 5.91 Å². The van der Waals surface area contributed by atoms with E-state index in [1.807, 2.05) is 68.4 Å².